The Bertz CT molecular complexity index is 1350. The van der Waals surface area contributed by atoms with Gasteiger partial charge in [-0.2, -0.15) is 21.6 Å². The molecule has 1 saturated heterocycles. The Morgan fingerprint density at radius 2 is 1.77 bits per heavy atom. The Morgan fingerprint density at radius 1 is 1.09 bits per heavy atom. The van der Waals surface area contributed by atoms with E-state index in [4.69, 9.17) is 9.90 Å². The number of nitrogens with one attached hydrogen (secondary N) is 1. The average Bonchev–Trinajstić information content (AvgIpc) is 3.29. The first kappa shape index (κ1) is 27.6. The van der Waals surface area contributed by atoms with Crippen LogP contribution in [0, 0.1) is 0 Å². The van der Waals surface area contributed by atoms with Gasteiger partial charge in [-0.05, 0) is 63.0 Å². The fraction of sp³-hybridized carbons (Fsp3) is 0.300. The molecule has 1 fully saturated rings. The maximum Gasteiger partial charge on any atom is 0.490 e. The summed E-state index contributed by atoms with van der Waals surface area (Å²) in [4.78, 5) is 23.9. The van der Waals surface area contributed by atoms with Gasteiger partial charge in [0.05, 0.1) is 14.9 Å². The molecule has 8 nitrogen and oxygen atoms in total. The number of rotatable bonds is 3. The summed E-state index contributed by atoms with van der Waals surface area (Å²) in [6, 6.07) is 8.65. The van der Waals surface area contributed by atoms with E-state index in [9.17, 15) is 26.4 Å². The Labute approximate surface area is 219 Å². The van der Waals surface area contributed by atoms with Gasteiger partial charge in [0.2, 0.25) is 0 Å². The van der Waals surface area contributed by atoms with Gasteiger partial charge in [-0.25, -0.2) is 8.77 Å². The van der Waals surface area contributed by atoms with Gasteiger partial charge in [0.25, 0.3) is 15.9 Å². The van der Waals surface area contributed by atoms with E-state index in [2.05, 4.69) is 37.2 Å². The number of benzene rings is 1. The highest BCUT2D eigenvalue weighted by Gasteiger charge is 2.38. The molecule has 4 rings (SSSR count). The van der Waals surface area contributed by atoms with E-state index in [-0.39, 0.29) is 10.1 Å². The minimum absolute atomic E-state index is 0.145. The molecule has 0 radical (unpaired) electrons. The fourth-order valence-corrected chi connectivity index (χ4v) is 7.48. The van der Waals surface area contributed by atoms with Crippen molar-refractivity contribution in [2.24, 2.45) is 0 Å². The summed E-state index contributed by atoms with van der Waals surface area (Å²) in [6.07, 6.45) is -2.76. The quantitative estimate of drug-likeness (QED) is 0.427. The molecule has 1 amide bonds. The number of para-hydroxylation sites is 1. The lowest BCUT2D eigenvalue weighted by molar-refractivity contribution is -0.192. The van der Waals surface area contributed by atoms with Crippen molar-refractivity contribution in [1.29, 1.82) is 0 Å². The summed E-state index contributed by atoms with van der Waals surface area (Å²) in [5.74, 6) is -2.90. The molecule has 3 aromatic rings. The van der Waals surface area contributed by atoms with E-state index in [0.717, 1.165) is 34.6 Å². The van der Waals surface area contributed by atoms with Crippen LogP contribution in [0.5, 0.6) is 0 Å². The van der Waals surface area contributed by atoms with Crippen LogP contribution >= 0.6 is 43.2 Å². The summed E-state index contributed by atoms with van der Waals surface area (Å²) >= 11 is 7.92. The lowest BCUT2D eigenvalue weighted by atomic mass is 10.1. The fourth-order valence-electron chi connectivity index (χ4n) is 3.32. The van der Waals surface area contributed by atoms with E-state index >= 15 is 0 Å². The third kappa shape index (κ3) is 6.25. The summed E-state index contributed by atoms with van der Waals surface area (Å²) in [6.45, 7) is 2.86. The van der Waals surface area contributed by atoms with Crippen molar-refractivity contribution in [1.82, 2.24) is 14.2 Å². The molecule has 0 unspecified atom stereocenters. The number of fused-ring (bicyclic) bond motifs is 1. The maximum absolute atomic E-state index is 13.3. The summed E-state index contributed by atoms with van der Waals surface area (Å²) in [5.41, 5.74) is 0.876. The molecule has 0 atom stereocenters. The molecule has 15 heteroatoms. The molecule has 1 aromatic carbocycles. The van der Waals surface area contributed by atoms with Crippen molar-refractivity contribution in [3.8, 4) is 0 Å². The zero-order valence-corrected chi connectivity index (χ0v) is 22.5. The standard InChI is InChI=1S/C18H17Br2N3O3S2.C2HF3O2/c19-14-4-1-3-12-13(18(24)22-9-2-7-21-8-10-22)11-23(17(12)14)28(25,26)16-6-5-15(20)27-16;3-2(4,5)1(6)7/h1,3-6,11,21H,2,7-10H2;(H,6,7). The van der Waals surface area contributed by atoms with Crippen LogP contribution in [-0.4, -0.2) is 66.6 Å². The van der Waals surface area contributed by atoms with Crippen LogP contribution in [0.25, 0.3) is 10.9 Å². The molecular formula is C20H18Br2F3N3O5S2. The van der Waals surface area contributed by atoms with E-state index < -0.39 is 22.2 Å². The van der Waals surface area contributed by atoms with Crippen molar-refractivity contribution >= 4 is 76.0 Å². The van der Waals surface area contributed by atoms with Crippen LogP contribution in [0.1, 0.15) is 16.8 Å². The van der Waals surface area contributed by atoms with Crippen molar-refractivity contribution < 1.29 is 36.3 Å². The van der Waals surface area contributed by atoms with E-state index in [1.807, 2.05) is 6.07 Å². The first-order valence-electron chi connectivity index (χ1n) is 9.94. The molecule has 35 heavy (non-hydrogen) atoms. The Hall–Kier alpha value is -1.94. The lowest BCUT2D eigenvalue weighted by Gasteiger charge is -2.19. The average molecular weight is 661 g/mol. The highest BCUT2D eigenvalue weighted by molar-refractivity contribution is 9.11. The van der Waals surface area contributed by atoms with Crippen LogP contribution in [0.2, 0.25) is 0 Å². The third-order valence-corrected chi connectivity index (χ3v) is 9.30. The van der Waals surface area contributed by atoms with Crippen LogP contribution < -0.4 is 5.32 Å². The molecule has 1 aliphatic heterocycles. The molecule has 0 saturated carbocycles. The van der Waals surface area contributed by atoms with Gasteiger partial charge in [-0.1, -0.05) is 12.1 Å². The number of aromatic nitrogens is 1. The molecular weight excluding hydrogens is 643 g/mol. The molecule has 0 bridgehead atoms. The first-order chi connectivity index (χ1) is 16.3. The maximum atomic E-state index is 13.3. The van der Waals surface area contributed by atoms with Crippen LogP contribution in [0.3, 0.4) is 0 Å². The van der Waals surface area contributed by atoms with Gasteiger partial charge in [-0.15, -0.1) is 11.3 Å². The topological polar surface area (TPSA) is 109 Å². The monoisotopic (exact) mass is 659 g/mol. The number of carbonyl (C=O) groups excluding carboxylic acids is 1. The van der Waals surface area contributed by atoms with Crippen LogP contribution in [0.4, 0.5) is 13.2 Å². The normalized spacial score (nSPS) is 14.8. The number of thiophene rings is 1. The van der Waals surface area contributed by atoms with E-state index in [0.29, 0.717) is 34.0 Å². The zero-order chi connectivity index (χ0) is 26.0. The Balaban J connectivity index is 0.000000429. The smallest absolute Gasteiger partial charge is 0.475 e. The second-order valence-electron chi connectivity index (χ2n) is 7.24. The summed E-state index contributed by atoms with van der Waals surface area (Å²) in [7, 11) is -3.83. The molecule has 190 valence electrons. The molecule has 0 aliphatic carbocycles. The van der Waals surface area contributed by atoms with Gasteiger partial charge in [-0.3, -0.25) is 4.79 Å². The predicted octanol–water partition coefficient (Wildman–Crippen LogP) is 4.53. The predicted molar refractivity (Wildman–Crippen MR) is 131 cm³/mol. The first-order valence-corrected chi connectivity index (χ1v) is 13.8. The number of aliphatic carboxylic acids is 1. The van der Waals surface area contributed by atoms with Gasteiger partial charge in [0, 0.05) is 35.7 Å². The molecule has 0 spiro atoms. The van der Waals surface area contributed by atoms with Gasteiger partial charge in [0.15, 0.2) is 0 Å². The molecule has 3 heterocycles. The van der Waals surface area contributed by atoms with Crippen LogP contribution in [0.15, 0.2) is 49.0 Å². The van der Waals surface area contributed by atoms with Crippen LogP contribution in [-0.2, 0) is 14.8 Å². The van der Waals surface area contributed by atoms with Gasteiger partial charge < -0.3 is 15.3 Å². The number of amides is 1. The van der Waals surface area contributed by atoms with Crippen molar-refractivity contribution in [3.63, 3.8) is 0 Å². The Morgan fingerprint density at radius 3 is 2.37 bits per heavy atom. The number of nitrogens with zero attached hydrogens (tertiary/aromatic N) is 2. The van der Waals surface area contributed by atoms with Crippen molar-refractivity contribution in [2.75, 3.05) is 26.2 Å². The summed E-state index contributed by atoms with van der Waals surface area (Å²) < 4.78 is 61.1. The number of hydrogen-bond acceptors (Lipinski definition) is 6. The van der Waals surface area contributed by atoms with Crippen molar-refractivity contribution in [3.05, 3.63) is 50.4 Å². The number of halogens is 5. The minimum Gasteiger partial charge on any atom is -0.475 e. The summed E-state index contributed by atoms with van der Waals surface area (Å²) in [5, 5.41) is 11.0. The number of alkyl halides is 3. The highest BCUT2D eigenvalue weighted by Crippen LogP contribution is 2.34. The highest BCUT2D eigenvalue weighted by atomic mass is 79.9. The van der Waals surface area contributed by atoms with Crippen molar-refractivity contribution in [2.45, 2.75) is 16.8 Å². The van der Waals surface area contributed by atoms with E-state index in [1.54, 1.807) is 29.2 Å². The minimum atomic E-state index is -5.08. The number of carboxylic acid groups (broad SMARTS) is 1. The largest absolute Gasteiger partial charge is 0.490 e. The lowest BCUT2D eigenvalue weighted by Crippen LogP contribution is -2.34. The SMILES string of the molecule is O=C(O)C(F)(F)F.O=C(c1cn(S(=O)(=O)c2ccc(Br)s2)c2c(Br)cccc12)N1CCCNCC1. The number of carboxylic acids is 1. The number of hydrogen-bond donors (Lipinski definition) is 2. The molecule has 1 aliphatic rings. The zero-order valence-electron chi connectivity index (χ0n) is 17.7. The third-order valence-electron chi connectivity index (χ3n) is 4.91. The Kier molecular flexibility index (Phi) is 8.68. The molecule has 2 N–H and O–H groups in total. The second-order valence-corrected chi connectivity index (χ2v) is 12.6. The number of carbonyl (C=O) groups is 2. The second kappa shape index (κ2) is 11.0. The molecule has 2 aromatic heterocycles. The van der Waals surface area contributed by atoms with Gasteiger partial charge >= 0.3 is 12.1 Å². The van der Waals surface area contributed by atoms with E-state index in [1.165, 1.54) is 10.2 Å². The van der Waals surface area contributed by atoms with Gasteiger partial charge in [0.1, 0.15) is 4.21 Å².